The van der Waals surface area contributed by atoms with E-state index in [1.54, 1.807) is 0 Å². The highest BCUT2D eigenvalue weighted by molar-refractivity contribution is 5.79. The van der Waals surface area contributed by atoms with Crippen molar-refractivity contribution in [3.63, 3.8) is 0 Å². The van der Waals surface area contributed by atoms with Gasteiger partial charge in [-0.15, -0.1) is 0 Å². The predicted molar refractivity (Wildman–Crippen MR) is 106 cm³/mol. The lowest BCUT2D eigenvalue weighted by molar-refractivity contribution is 0.0782. The zero-order chi connectivity index (χ0) is 19.1. The summed E-state index contributed by atoms with van der Waals surface area (Å²) >= 11 is 0. The van der Waals surface area contributed by atoms with Gasteiger partial charge < -0.3 is 5.32 Å². The third-order valence-corrected chi connectivity index (χ3v) is 5.65. The van der Waals surface area contributed by atoms with Crippen LogP contribution < -0.4 is 5.32 Å². The van der Waals surface area contributed by atoms with E-state index in [-0.39, 0.29) is 6.54 Å². The smallest absolute Gasteiger partial charge is 0.222 e. The fourth-order valence-electron chi connectivity index (χ4n) is 3.91. The Morgan fingerprint density at radius 3 is 2.93 bits per heavy atom. The first-order chi connectivity index (χ1) is 13.6. The maximum absolute atomic E-state index is 14.3. The highest BCUT2D eigenvalue weighted by Crippen LogP contribution is 2.36. The number of hydrogen-bond donors (Lipinski definition) is 1. The largest absolute Gasteiger partial charge is 0.351 e. The molecule has 5 rings (SSSR count). The molecule has 3 heterocycles. The molecular weight excluding hydrogens is 355 g/mol. The molecule has 0 atom stereocenters. The molecule has 0 radical (unpaired) electrons. The number of anilines is 1. The third kappa shape index (κ3) is 3.15. The van der Waals surface area contributed by atoms with Gasteiger partial charge in [0.05, 0.1) is 29.8 Å². The Bertz CT molecular complexity index is 1070. The fourth-order valence-corrected chi connectivity index (χ4v) is 3.91. The summed E-state index contributed by atoms with van der Waals surface area (Å²) in [6, 6.07) is 3.98. The van der Waals surface area contributed by atoms with E-state index >= 15 is 0 Å². The van der Waals surface area contributed by atoms with Crippen molar-refractivity contribution in [2.75, 3.05) is 11.9 Å². The molecule has 0 aromatic carbocycles. The maximum Gasteiger partial charge on any atom is 0.222 e. The van der Waals surface area contributed by atoms with E-state index in [1.807, 2.05) is 36.0 Å². The molecule has 1 fully saturated rings. The average molecular weight is 378 g/mol. The Morgan fingerprint density at radius 2 is 2.11 bits per heavy atom. The van der Waals surface area contributed by atoms with Gasteiger partial charge in [-0.1, -0.05) is 6.08 Å². The number of alkyl halides is 1. The van der Waals surface area contributed by atoms with Gasteiger partial charge in [0.25, 0.3) is 0 Å². The number of nitrogens with one attached hydrogen (secondary N) is 1. The minimum absolute atomic E-state index is 0.284. The van der Waals surface area contributed by atoms with Crippen LogP contribution >= 0.6 is 0 Å². The van der Waals surface area contributed by atoms with Gasteiger partial charge in [0.2, 0.25) is 5.95 Å². The molecule has 28 heavy (non-hydrogen) atoms. The fraction of sp³-hybridized carbons (Fsp3) is 0.429. The lowest BCUT2D eigenvalue weighted by Gasteiger charge is -2.33. The van der Waals surface area contributed by atoms with Crippen molar-refractivity contribution in [1.82, 2.24) is 24.6 Å². The molecule has 0 bridgehead atoms. The molecule has 144 valence electrons. The Labute approximate surface area is 162 Å². The van der Waals surface area contributed by atoms with Crippen molar-refractivity contribution >= 4 is 17.2 Å². The summed E-state index contributed by atoms with van der Waals surface area (Å²) in [6.07, 6.45) is 11.1. The molecule has 1 saturated carbocycles. The zero-order valence-electron chi connectivity index (χ0n) is 16.0. The van der Waals surface area contributed by atoms with E-state index < -0.39 is 5.67 Å². The number of halogens is 1. The van der Waals surface area contributed by atoms with Gasteiger partial charge in [-0.05, 0) is 57.6 Å². The van der Waals surface area contributed by atoms with E-state index in [9.17, 15) is 4.39 Å². The first-order valence-electron chi connectivity index (χ1n) is 9.92. The van der Waals surface area contributed by atoms with Crippen LogP contribution in [0.2, 0.25) is 0 Å². The van der Waals surface area contributed by atoms with Gasteiger partial charge in [0, 0.05) is 17.3 Å². The average Bonchev–Trinajstić information content (AvgIpc) is 2.91. The van der Waals surface area contributed by atoms with E-state index in [0.717, 1.165) is 59.5 Å². The second-order valence-corrected chi connectivity index (χ2v) is 7.83. The molecule has 2 aliphatic carbocycles. The van der Waals surface area contributed by atoms with Crippen molar-refractivity contribution in [2.45, 2.75) is 51.1 Å². The second kappa shape index (κ2) is 6.65. The quantitative estimate of drug-likeness (QED) is 0.746. The van der Waals surface area contributed by atoms with Crippen LogP contribution in [0.1, 0.15) is 54.7 Å². The molecule has 0 unspecified atom stereocenters. The molecule has 1 N–H and O–H groups in total. The molecule has 3 aromatic rings. The summed E-state index contributed by atoms with van der Waals surface area (Å²) in [6.45, 7) is 2.24. The molecule has 0 aliphatic heterocycles. The number of rotatable bonds is 4. The van der Waals surface area contributed by atoms with Gasteiger partial charge in [-0.3, -0.25) is 0 Å². The Kier molecular flexibility index (Phi) is 4.10. The van der Waals surface area contributed by atoms with Gasteiger partial charge in [0.1, 0.15) is 5.67 Å². The first kappa shape index (κ1) is 17.3. The van der Waals surface area contributed by atoms with Gasteiger partial charge in [-0.25, -0.2) is 23.9 Å². The van der Waals surface area contributed by atoms with E-state index in [4.69, 9.17) is 10.1 Å². The lowest BCUT2D eigenvalue weighted by Crippen LogP contribution is -2.39. The minimum Gasteiger partial charge on any atom is -0.351 e. The van der Waals surface area contributed by atoms with Crippen LogP contribution in [0.25, 0.3) is 11.2 Å². The molecule has 0 spiro atoms. The second-order valence-electron chi connectivity index (χ2n) is 7.83. The van der Waals surface area contributed by atoms with Crippen LogP contribution in [-0.4, -0.2) is 36.8 Å². The lowest BCUT2D eigenvalue weighted by atomic mass is 9.82. The zero-order valence-corrected chi connectivity index (χ0v) is 16.0. The maximum atomic E-state index is 14.3. The number of aromatic nitrogens is 5. The summed E-state index contributed by atoms with van der Waals surface area (Å²) < 4.78 is 16.1. The van der Waals surface area contributed by atoms with Gasteiger partial charge >= 0.3 is 0 Å². The SMILES string of the molecule is Cc1cn2nc(C3=CCCCc4nc(NCC5(F)CCC5)ncc43)ccc2n1. The summed E-state index contributed by atoms with van der Waals surface area (Å²) in [4.78, 5) is 13.6. The van der Waals surface area contributed by atoms with E-state index in [0.29, 0.717) is 18.8 Å². The summed E-state index contributed by atoms with van der Waals surface area (Å²) in [5, 5.41) is 7.83. The van der Waals surface area contributed by atoms with Crippen molar-refractivity contribution in [3.05, 3.63) is 53.2 Å². The topological polar surface area (TPSA) is 68.0 Å². The van der Waals surface area contributed by atoms with E-state index in [2.05, 4.69) is 21.4 Å². The molecule has 3 aromatic heterocycles. The number of hydrogen-bond acceptors (Lipinski definition) is 5. The Balaban J connectivity index is 1.46. The Morgan fingerprint density at radius 1 is 1.21 bits per heavy atom. The van der Waals surface area contributed by atoms with Crippen LogP contribution in [0, 0.1) is 6.92 Å². The number of imidazole rings is 1. The van der Waals surface area contributed by atoms with Crippen molar-refractivity contribution in [3.8, 4) is 0 Å². The number of fused-ring (bicyclic) bond motifs is 2. The summed E-state index contributed by atoms with van der Waals surface area (Å²) in [5.74, 6) is 0.512. The third-order valence-electron chi connectivity index (χ3n) is 5.65. The van der Waals surface area contributed by atoms with Crippen molar-refractivity contribution < 1.29 is 4.39 Å². The molecule has 0 amide bonds. The highest BCUT2D eigenvalue weighted by Gasteiger charge is 2.36. The van der Waals surface area contributed by atoms with Gasteiger partial charge in [-0.2, -0.15) is 5.10 Å². The van der Waals surface area contributed by atoms with E-state index in [1.165, 1.54) is 0 Å². The normalized spacial score (nSPS) is 18.1. The number of nitrogens with zero attached hydrogens (tertiary/aromatic N) is 5. The van der Waals surface area contributed by atoms with Gasteiger partial charge in [0.15, 0.2) is 5.65 Å². The minimum atomic E-state index is -1.09. The molecule has 2 aliphatic rings. The first-order valence-corrected chi connectivity index (χ1v) is 9.92. The summed E-state index contributed by atoms with van der Waals surface area (Å²) in [5.41, 5.74) is 4.61. The van der Waals surface area contributed by atoms with Crippen molar-refractivity contribution in [1.29, 1.82) is 0 Å². The predicted octanol–water partition coefficient (Wildman–Crippen LogP) is 3.90. The van der Waals surface area contributed by atoms with Crippen LogP contribution in [0.4, 0.5) is 10.3 Å². The van der Waals surface area contributed by atoms with Crippen LogP contribution in [0.3, 0.4) is 0 Å². The molecule has 6 nitrogen and oxygen atoms in total. The van der Waals surface area contributed by atoms with Crippen LogP contribution in [0.5, 0.6) is 0 Å². The molecular formula is C21H23FN6. The van der Waals surface area contributed by atoms with Crippen LogP contribution in [-0.2, 0) is 6.42 Å². The molecule has 0 saturated heterocycles. The van der Waals surface area contributed by atoms with Crippen molar-refractivity contribution in [2.24, 2.45) is 0 Å². The number of aryl methyl sites for hydroxylation is 2. The number of allylic oxidation sites excluding steroid dienone is 1. The monoisotopic (exact) mass is 378 g/mol. The van der Waals surface area contributed by atoms with Crippen LogP contribution in [0.15, 0.2) is 30.6 Å². The summed E-state index contributed by atoms with van der Waals surface area (Å²) in [7, 11) is 0. The molecule has 7 heteroatoms. The standard InChI is InChI=1S/C21H23FN6/c1-14-12-28-19(25-14)8-7-18(27-28)15-5-2-3-6-17-16(15)11-23-20(26-17)24-13-21(22)9-4-10-21/h5,7-8,11-12H,2-4,6,9-10,13H2,1H3,(H,23,24,26). The Hall–Kier alpha value is -2.83. The highest BCUT2D eigenvalue weighted by atomic mass is 19.1.